The molecule has 6 unspecified atom stereocenters. The zero-order valence-electron chi connectivity index (χ0n) is 34.9. The van der Waals surface area contributed by atoms with Crippen LogP contribution >= 0.6 is 0 Å². The number of allylic oxidation sites excluding steroid dienone is 1. The Bertz CT molecular complexity index is 2130. The summed E-state index contributed by atoms with van der Waals surface area (Å²) < 4.78 is 47.3. The van der Waals surface area contributed by atoms with Crippen LogP contribution in [0.1, 0.15) is 78.4 Å². The van der Waals surface area contributed by atoms with Gasteiger partial charge in [0.05, 0.1) is 67.2 Å². The minimum atomic E-state index is -0.689. The van der Waals surface area contributed by atoms with Crippen molar-refractivity contribution >= 4 is 16.9 Å². The first-order chi connectivity index (χ1) is 28.9. The molecule has 12 heteroatoms. The topological polar surface area (TPSA) is 122 Å². The second-order valence-electron chi connectivity index (χ2n) is 16.1. The van der Waals surface area contributed by atoms with Crippen molar-refractivity contribution in [2.24, 2.45) is 11.8 Å². The van der Waals surface area contributed by atoms with Gasteiger partial charge in [0.25, 0.3) is 5.91 Å². The van der Waals surface area contributed by atoms with E-state index in [0.717, 1.165) is 77.9 Å². The number of hydrogen-bond donors (Lipinski definition) is 1. The molecule has 0 aliphatic carbocycles. The van der Waals surface area contributed by atoms with Crippen molar-refractivity contribution in [2.75, 3.05) is 74.5 Å². The van der Waals surface area contributed by atoms with Gasteiger partial charge in [-0.15, -0.1) is 0 Å². The summed E-state index contributed by atoms with van der Waals surface area (Å²) in [5.41, 5.74) is 6.63. The predicted molar refractivity (Wildman–Crippen MR) is 222 cm³/mol. The Morgan fingerprint density at radius 3 is 2.24 bits per heavy atom. The second kappa shape index (κ2) is 18.3. The summed E-state index contributed by atoms with van der Waals surface area (Å²) in [5.74, 6) is 3.53. The Hall–Kier alpha value is -4.75. The van der Waals surface area contributed by atoms with E-state index in [0.29, 0.717) is 49.3 Å². The van der Waals surface area contributed by atoms with Crippen LogP contribution in [0.3, 0.4) is 0 Å². The molecular weight excluding hydrogens is 753 g/mol. The molecule has 4 aromatic rings. The molecule has 3 aromatic carbocycles. The highest BCUT2D eigenvalue weighted by Crippen LogP contribution is 2.50. The van der Waals surface area contributed by atoms with Crippen LogP contribution in [0, 0.1) is 11.8 Å². The molecule has 6 atom stereocenters. The summed E-state index contributed by atoms with van der Waals surface area (Å²) in [4.78, 5) is 19.9. The number of furan rings is 1. The van der Waals surface area contributed by atoms with E-state index in [2.05, 4.69) is 36.1 Å². The van der Waals surface area contributed by atoms with Crippen LogP contribution in [0.5, 0.6) is 23.0 Å². The molecule has 1 amide bonds. The number of ether oxygens (including phenoxy) is 7. The predicted octanol–water partition coefficient (Wildman–Crippen LogP) is 7.37. The number of piperidine rings is 1. The molecule has 1 fully saturated rings. The van der Waals surface area contributed by atoms with Crippen LogP contribution in [-0.2, 0) is 31.8 Å². The summed E-state index contributed by atoms with van der Waals surface area (Å²) >= 11 is 0. The van der Waals surface area contributed by atoms with Crippen molar-refractivity contribution in [1.29, 1.82) is 0 Å². The van der Waals surface area contributed by atoms with Gasteiger partial charge in [-0.05, 0) is 96.2 Å². The number of benzene rings is 3. The highest BCUT2D eigenvalue weighted by Gasteiger charge is 2.43. The normalized spacial score (nSPS) is 24.0. The van der Waals surface area contributed by atoms with Crippen LogP contribution < -0.4 is 18.9 Å². The molecule has 0 bridgehead atoms. The van der Waals surface area contributed by atoms with E-state index in [4.69, 9.17) is 37.6 Å². The molecule has 4 aliphatic rings. The van der Waals surface area contributed by atoms with Crippen molar-refractivity contribution in [1.82, 2.24) is 9.80 Å². The lowest BCUT2D eigenvalue weighted by molar-refractivity contribution is -0.158. The fourth-order valence-electron chi connectivity index (χ4n) is 10.0. The van der Waals surface area contributed by atoms with Crippen molar-refractivity contribution in [3.05, 3.63) is 94.4 Å². The van der Waals surface area contributed by atoms with Crippen LogP contribution in [0.15, 0.2) is 71.0 Å². The quantitative estimate of drug-likeness (QED) is 0.121. The van der Waals surface area contributed by atoms with Crippen LogP contribution in [0.25, 0.3) is 11.0 Å². The van der Waals surface area contributed by atoms with Gasteiger partial charge in [0, 0.05) is 49.0 Å². The third-order valence-electron chi connectivity index (χ3n) is 13.0. The van der Waals surface area contributed by atoms with Gasteiger partial charge < -0.3 is 47.6 Å². The van der Waals surface area contributed by atoms with E-state index < -0.39 is 6.29 Å². The lowest BCUT2D eigenvalue weighted by Crippen LogP contribution is -2.48. The van der Waals surface area contributed by atoms with Crippen LogP contribution in [0.2, 0.25) is 0 Å². The Morgan fingerprint density at radius 1 is 0.814 bits per heavy atom. The fraction of sp³-hybridized carbons (Fsp3) is 0.511. The summed E-state index contributed by atoms with van der Waals surface area (Å²) in [7, 11) is 6.71. The Kier molecular flexibility index (Phi) is 12.7. The molecular formula is C47H58N2O10. The highest BCUT2D eigenvalue weighted by atomic mass is 16.7. The number of nitrogens with zero attached hydrogens (tertiary/aromatic N) is 2. The maximum absolute atomic E-state index is 15.2. The Balaban J connectivity index is 1.14. The number of rotatable bonds is 15. The van der Waals surface area contributed by atoms with Crippen molar-refractivity contribution in [2.45, 2.75) is 69.7 Å². The molecule has 316 valence electrons. The van der Waals surface area contributed by atoms with E-state index in [1.807, 2.05) is 35.2 Å². The largest absolute Gasteiger partial charge is 0.493 e. The summed E-state index contributed by atoms with van der Waals surface area (Å²) in [5, 5.41) is 10.2. The third-order valence-corrected chi connectivity index (χ3v) is 13.0. The second-order valence-corrected chi connectivity index (χ2v) is 16.1. The number of carbonyl (C=O) groups is 1. The summed E-state index contributed by atoms with van der Waals surface area (Å²) in [6.45, 7) is 5.53. The minimum Gasteiger partial charge on any atom is -0.493 e. The molecule has 4 aliphatic heterocycles. The van der Waals surface area contributed by atoms with Gasteiger partial charge in [-0.1, -0.05) is 31.5 Å². The zero-order valence-corrected chi connectivity index (χ0v) is 34.9. The standard InChI is InChI=1S/C47H58N2O10/c1-6-29-27-48-13-11-30-21-41(52-2)43(54-4)25-35(30)38(48)19-32(29)20-39-36-26-44(55-5)42(53-3)22-31(36)12-14-49(39)47(51)45-23-33(24-46(59-45)57-18-17-56-16-15-50)37-28-58-40-10-8-7-9-34(37)40/h7-10,21-23,25-26,28-29,32-33,38-39,46,50H,6,11-20,24,27H2,1-5H3. The number of carbonyl (C=O) groups excluding carboxylic acids is 1. The number of aliphatic hydroxyl groups is 1. The molecule has 59 heavy (non-hydrogen) atoms. The van der Waals surface area contributed by atoms with Gasteiger partial charge >= 0.3 is 0 Å². The fourth-order valence-corrected chi connectivity index (χ4v) is 10.0. The average Bonchev–Trinajstić information content (AvgIpc) is 3.72. The summed E-state index contributed by atoms with van der Waals surface area (Å²) in [6, 6.07) is 16.4. The van der Waals surface area contributed by atoms with Crippen LogP contribution in [-0.4, -0.2) is 102 Å². The maximum Gasteiger partial charge on any atom is 0.289 e. The number of hydrogen-bond acceptors (Lipinski definition) is 11. The van der Waals surface area contributed by atoms with E-state index in [9.17, 15) is 5.11 Å². The van der Waals surface area contributed by atoms with Crippen molar-refractivity contribution < 1.29 is 47.5 Å². The molecule has 5 heterocycles. The van der Waals surface area contributed by atoms with E-state index in [1.165, 1.54) is 11.1 Å². The average molecular weight is 811 g/mol. The van der Waals surface area contributed by atoms with Crippen LogP contribution in [0.4, 0.5) is 0 Å². The first-order valence-corrected chi connectivity index (χ1v) is 21.1. The SMILES string of the molecule is CCC1CN2CCc3cc(OC)c(OC)cc3C2CC1CC1c2cc(OC)c(OC)cc2CCN1C(=O)C1=CC(c2coc3ccccc23)CC(OCCOCCO)O1. The van der Waals surface area contributed by atoms with Gasteiger partial charge in [0.2, 0.25) is 6.29 Å². The van der Waals surface area contributed by atoms with Crippen molar-refractivity contribution in [3.8, 4) is 23.0 Å². The van der Waals surface area contributed by atoms with Gasteiger partial charge in [-0.2, -0.15) is 0 Å². The molecule has 1 N–H and O–H groups in total. The molecule has 8 rings (SSSR count). The molecule has 1 aromatic heterocycles. The number of methoxy groups -OCH3 is 4. The monoisotopic (exact) mass is 810 g/mol. The number of amides is 1. The molecule has 0 saturated carbocycles. The smallest absolute Gasteiger partial charge is 0.289 e. The Labute approximate surface area is 346 Å². The van der Waals surface area contributed by atoms with Gasteiger partial charge in [0.15, 0.2) is 28.8 Å². The van der Waals surface area contributed by atoms with Crippen molar-refractivity contribution in [3.63, 3.8) is 0 Å². The lowest BCUT2D eigenvalue weighted by Gasteiger charge is -2.49. The number of aliphatic hydroxyl groups excluding tert-OH is 1. The highest BCUT2D eigenvalue weighted by molar-refractivity contribution is 5.93. The number of fused-ring (bicyclic) bond motifs is 5. The van der Waals surface area contributed by atoms with Gasteiger partial charge in [-0.25, -0.2) is 0 Å². The lowest BCUT2D eigenvalue weighted by atomic mass is 9.72. The molecule has 12 nitrogen and oxygen atoms in total. The van der Waals surface area contributed by atoms with Gasteiger partial charge in [0.1, 0.15) is 5.58 Å². The molecule has 0 spiro atoms. The third kappa shape index (κ3) is 8.24. The molecule has 1 saturated heterocycles. The number of para-hydroxylation sites is 1. The molecule has 0 radical (unpaired) electrons. The summed E-state index contributed by atoms with van der Waals surface area (Å²) in [6.07, 6.45) is 7.97. The zero-order chi connectivity index (χ0) is 41.0. The van der Waals surface area contributed by atoms with E-state index in [-0.39, 0.29) is 49.5 Å². The van der Waals surface area contributed by atoms with Gasteiger partial charge in [-0.3, -0.25) is 9.69 Å². The first kappa shape index (κ1) is 41.0. The van der Waals surface area contributed by atoms with E-state index >= 15 is 4.79 Å². The Morgan fingerprint density at radius 2 is 1.51 bits per heavy atom. The first-order valence-electron chi connectivity index (χ1n) is 21.1. The van der Waals surface area contributed by atoms with E-state index in [1.54, 1.807) is 34.7 Å². The maximum atomic E-state index is 15.2. The minimum absolute atomic E-state index is 0.0637.